The van der Waals surface area contributed by atoms with Crippen LogP contribution in [0.4, 0.5) is 5.69 Å². The van der Waals surface area contributed by atoms with Crippen molar-refractivity contribution in [1.29, 1.82) is 0 Å². The number of anilines is 1. The van der Waals surface area contributed by atoms with Crippen LogP contribution in [0.15, 0.2) is 18.2 Å². The molecule has 1 amide bonds. The summed E-state index contributed by atoms with van der Waals surface area (Å²) in [6.07, 6.45) is 0. The van der Waals surface area contributed by atoms with E-state index in [1.807, 2.05) is 6.07 Å². The van der Waals surface area contributed by atoms with E-state index in [0.29, 0.717) is 10.6 Å². The van der Waals surface area contributed by atoms with Crippen LogP contribution in [0.3, 0.4) is 0 Å². The molecule has 3 N–H and O–H groups in total. The number of hydrogen-bond donors (Lipinski definition) is 2. The third-order valence-electron chi connectivity index (χ3n) is 2.31. The van der Waals surface area contributed by atoms with Crippen LogP contribution in [0.2, 0.25) is 5.02 Å². The number of nitrogens with zero attached hydrogens (tertiary/aromatic N) is 1. The fourth-order valence-electron chi connectivity index (χ4n) is 1.45. The van der Waals surface area contributed by atoms with E-state index in [1.165, 1.54) is 0 Å². The van der Waals surface area contributed by atoms with Gasteiger partial charge in [0.25, 0.3) is 0 Å². The number of nitrogens with two attached hydrogens (primary N) is 1. The van der Waals surface area contributed by atoms with Gasteiger partial charge in [-0.3, -0.25) is 4.79 Å². The summed E-state index contributed by atoms with van der Waals surface area (Å²) < 4.78 is 0. The third-order valence-corrected chi connectivity index (χ3v) is 2.83. The summed E-state index contributed by atoms with van der Waals surface area (Å²) >= 11 is 11.0. The number of likely N-dealkylation sites (N-methyl/N-ethyl adjacent to an activating group) is 2. The van der Waals surface area contributed by atoms with E-state index in [2.05, 4.69) is 5.32 Å². The first-order valence-electron chi connectivity index (χ1n) is 4.97. The zero-order chi connectivity index (χ0) is 13.0. The average Bonchev–Trinajstić information content (AvgIpc) is 2.27. The normalized spacial score (nSPS) is 9.82. The Morgan fingerprint density at radius 2 is 2.24 bits per heavy atom. The second kappa shape index (κ2) is 5.84. The quantitative estimate of drug-likeness (QED) is 0.807. The molecule has 0 radical (unpaired) electrons. The Balaban J connectivity index is 3.09. The molecule has 0 unspecified atom stereocenters. The van der Waals surface area contributed by atoms with E-state index in [4.69, 9.17) is 29.6 Å². The summed E-state index contributed by atoms with van der Waals surface area (Å²) in [5, 5.41) is 3.04. The smallest absolute Gasteiger partial charge is 0.239 e. The number of halogens is 1. The summed E-state index contributed by atoms with van der Waals surface area (Å²) in [6.45, 7) is 0.215. The summed E-state index contributed by atoms with van der Waals surface area (Å²) in [6, 6.07) is 5.33. The highest BCUT2D eigenvalue weighted by Gasteiger charge is 2.14. The molecule has 0 fully saturated rings. The molecule has 92 valence electrons. The van der Waals surface area contributed by atoms with Crippen molar-refractivity contribution < 1.29 is 4.79 Å². The van der Waals surface area contributed by atoms with Crippen LogP contribution in [0, 0.1) is 0 Å². The van der Waals surface area contributed by atoms with Crippen molar-refractivity contribution in [2.45, 2.75) is 0 Å². The highest BCUT2D eigenvalue weighted by molar-refractivity contribution is 7.80. The predicted octanol–water partition coefficient (Wildman–Crippen LogP) is 1.16. The van der Waals surface area contributed by atoms with E-state index >= 15 is 0 Å². The van der Waals surface area contributed by atoms with Gasteiger partial charge in [0.05, 0.1) is 17.1 Å². The highest BCUT2D eigenvalue weighted by atomic mass is 35.5. The van der Waals surface area contributed by atoms with E-state index < -0.39 is 0 Å². The predicted molar refractivity (Wildman–Crippen MR) is 74.7 cm³/mol. The number of rotatable bonds is 4. The molecule has 6 heteroatoms. The lowest BCUT2D eigenvalue weighted by Crippen LogP contribution is -2.34. The summed E-state index contributed by atoms with van der Waals surface area (Å²) in [7, 11) is 3.37. The zero-order valence-corrected chi connectivity index (χ0v) is 11.2. The molecule has 4 nitrogen and oxygen atoms in total. The number of hydrogen-bond acceptors (Lipinski definition) is 3. The Bertz CT molecular complexity index is 450. The van der Waals surface area contributed by atoms with E-state index in [-0.39, 0.29) is 17.4 Å². The van der Waals surface area contributed by atoms with Crippen LogP contribution < -0.4 is 16.0 Å². The van der Waals surface area contributed by atoms with Gasteiger partial charge < -0.3 is 16.0 Å². The molecule has 0 saturated carbocycles. The SMILES string of the molecule is CNC(=O)CN(C)c1cccc(Cl)c1C(N)=S. The van der Waals surface area contributed by atoms with Gasteiger partial charge in [-0.05, 0) is 12.1 Å². The van der Waals surface area contributed by atoms with Crippen molar-refractivity contribution in [2.24, 2.45) is 5.73 Å². The summed E-state index contributed by atoms with van der Waals surface area (Å²) in [5.41, 5.74) is 6.97. The van der Waals surface area contributed by atoms with Crippen molar-refractivity contribution in [3.05, 3.63) is 28.8 Å². The third kappa shape index (κ3) is 3.31. The van der Waals surface area contributed by atoms with Gasteiger partial charge in [-0.1, -0.05) is 29.9 Å². The molecule has 0 aliphatic heterocycles. The highest BCUT2D eigenvalue weighted by Crippen LogP contribution is 2.26. The first-order chi connectivity index (χ1) is 7.97. The van der Waals surface area contributed by atoms with Crippen LogP contribution in [-0.2, 0) is 4.79 Å². The molecule has 1 aromatic rings. The fourth-order valence-corrected chi connectivity index (χ4v) is 2.00. The van der Waals surface area contributed by atoms with Crippen LogP contribution >= 0.6 is 23.8 Å². The molecular formula is C11H14ClN3OS. The average molecular weight is 272 g/mol. The molecule has 0 atom stereocenters. The maximum Gasteiger partial charge on any atom is 0.239 e. The van der Waals surface area contributed by atoms with Crippen molar-refractivity contribution in [3.8, 4) is 0 Å². The van der Waals surface area contributed by atoms with Gasteiger partial charge in [-0.2, -0.15) is 0 Å². The lowest BCUT2D eigenvalue weighted by atomic mass is 10.1. The summed E-state index contributed by atoms with van der Waals surface area (Å²) in [5.74, 6) is -0.0960. The van der Waals surface area contributed by atoms with E-state index in [1.54, 1.807) is 31.1 Å². The van der Waals surface area contributed by atoms with Crippen LogP contribution in [-0.4, -0.2) is 31.5 Å². The standard InChI is InChI=1S/C11H14ClN3OS/c1-14-9(16)6-15(2)8-5-3-4-7(12)10(8)11(13)17/h3-5H,6H2,1-2H3,(H2,13,17)(H,14,16). The molecule has 0 bridgehead atoms. The number of nitrogens with one attached hydrogen (secondary N) is 1. The minimum Gasteiger partial charge on any atom is -0.389 e. The maximum atomic E-state index is 11.3. The molecule has 0 heterocycles. The molecule has 0 aliphatic rings. The number of thiocarbonyl (C=S) groups is 1. The lowest BCUT2D eigenvalue weighted by Gasteiger charge is -2.21. The van der Waals surface area contributed by atoms with E-state index in [0.717, 1.165) is 5.69 Å². The van der Waals surface area contributed by atoms with Gasteiger partial charge in [0.1, 0.15) is 4.99 Å². The van der Waals surface area contributed by atoms with Crippen LogP contribution in [0.5, 0.6) is 0 Å². The van der Waals surface area contributed by atoms with Gasteiger partial charge in [0, 0.05) is 19.8 Å². The number of benzene rings is 1. The molecule has 0 aliphatic carbocycles. The minimum atomic E-state index is -0.0960. The Hall–Kier alpha value is -1.33. The van der Waals surface area contributed by atoms with Gasteiger partial charge in [0.15, 0.2) is 0 Å². The Morgan fingerprint density at radius 3 is 2.76 bits per heavy atom. The Morgan fingerprint density at radius 1 is 1.59 bits per heavy atom. The van der Waals surface area contributed by atoms with Gasteiger partial charge in [-0.15, -0.1) is 0 Å². The molecule has 17 heavy (non-hydrogen) atoms. The second-order valence-electron chi connectivity index (χ2n) is 3.53. The number of amides is 1. The molecule has 0 spiro atoms. The molecule has 1 rings (SSSR count). The van der Waals surface area contributed by atoms with Crippen molar-refractivity contribution >= 4 is 40.4 Å². The molecule has 0 saturated heterocycles. The van der Waals surface area contributed by atoms with Crippen molar-refractivity contribution in [2.75, 3.05) is 25.5 Å². The van der Waals surface area contributed by atoms with Crippen LogP contribution in [0.1, 0.15) is 5.56 Å². The first-order valence-corrected chi connectivity index (χ1v) is 5.76. The maximum absolute atomic E-state index is 11.3. The van der Waals surface area contributed by atoms with Crippen molar-refractivity contribution in [1.82, 2.24) is 5.32 Å². The number of carbonyl (C=O) groups excluding carboxylic acids is 1. The Labute approximate surface area is 111 Å². The summed E-state index contributed by atoms with van der Waals surface area (Å²) in [4.78, 5) is 13.3. The molecule has 1 aromatic carbocycles. The topological polar surface area (TPSA) is 58.4 Å². The Kier molecular flexibility index (Phi) is 4.72. The van der Waals surface area contributed by atoms with Crippen molar-refractivity contribution in [3.63, 3.8) is 0 Å². The first kappa shape index (κ1) is 13.7. The lowest BCUT2D eigenvalue weighted by molar-refractivity contribution is -0.119. The van der Waals surface area contributed by atoms with Gasteiger partial charge >= 0.3 is 0 Å². The zero-order valence-electron chi connectivity index (χ0n) is 9.66. The second-order valence-corrected chi connectivity index (χ2v) is 4.37. The molecule has 0 aromatic heterocycles. The fraction of sp³-hybridized carbons (Fsp3) is 0.273. The largest absolute Gasteiger partial charge is 0.389 e. The van der Waals surface area contributed by atoms with E-state index in [9.17, 15) is 4.79 Å². The minimum absolute atomic E-state index is 0.0960. The van der Waals surface area contributed by atoms with Gasteiger partial charge in [0.2, 0.25) is 5.91 Å². The molecular weight excluding hydrogens is 258 g/mol. The van der Waals surface area contributed by atoms with Crippen LogP contribution in [0.25, 0.3) is 0 Å². The number of carbonyl (C=O) groups is 1. The van der Waals surface area contributed by atoms with Gasteiger partial charge in [-0.25, -0.2) is 0 Å². The monoisotopic (exact) mass is 271 g/mol.